The molecule has 2 N–H and O–H groups in total. The van der Waals surface area contributed by atoms with Crippen LogP contribution >= 0.6 is 0 Å². The minimum Gasteiger partial charge on any atom is -0.361 e. The van der Waals surface area contributed by atoms with E-state index in [9.17, 15) is 5.26 Å². The predicted octanol–water partition coefficient (Wildman–Crippen LogP) is 5.61. The number of nitriles is 1. The van der Waals surface area contributed by atoms with E-state index in [-0.39, 0.29) is 0 Å². The van der Waals surface area contributed by atoms with Crippen LogP contribution in [0.25, 0.3) is 23.1 Å². The zero-order valence-electron chi connectivity index (χ0n) is 16.4. The minimum atomic E-state index is 0.496. The molecular weight excluding hydrogens is 358 g/mol. The van der Waals surface area contributed by atoms with Gasteiger partial charge in [-0.2, -0.15) is 5.26 Å². The molecule has 0 saturated carbocycles. The van der Waals surface area contributed by atoms with Crippen molar-refractivity contribution >= 4 is 34.4 Å². The van der Waals surface area contributed by atoms with Gasteiger partial charge in [0.15, 0.2) is 0 Å². The Kier molecular flexibility index (Phi) is 5.08. The predicted molar refractivity (Wildman–Crippen MR) is 118 cm³/mol. The summed E-state index contributed by atoms with van der Waals surface area (Å²) in [7, 11) is 0. The van der Waals surface area contributed by atoms with E-state index >= 15 is 0 Å². The van der Waals surface area contributed by atoms with E-state index in [1.165, 1.54) is 0 Å². The van der Waals surface area contributed by atoms with Crippen molar-refractivity contribution < 1.29 is 0 Å². The zero-order valence-corrected chi connectivity index (χ0v) is 16.4. The van der Waals surface area contributed by atoms with E-state index in [2.05, 4.69) is 46.3 Å². The fourth-order valence-electron chi connectivity index (χ4n) is 3.34. The SMILES string of the molecule is CCc1cccc(/C=C/c2cncc(C#N)c2Nc2ccc3[nH]ccc3c2C)n1. The molecule has 0 aliphatic carbocycles. The van der Waals surface area contributed by atoms with Crippen LogP contribution in [0.2, 0.25) is 0 Å². The molecule has 1 aromatic carbocycles. The number of benzene rings is 1. The van der Waals surface area contributed by atoms with Gasteiger partial charge in [0.25, 0.3) is 0 Å². The zero-order chi connectivity index (χ0) is 20.2. The van der Waals surface area contributed by atoms with Crippen LogP contribution < -0.4 is 5.32 Å². The first-order chi connectivity index (χ1) is 14.2. The summed E-state index contributed by atoms with van der Waals surface area (Å²) in [6.07, 6.45) is 10.1. The Balaban J connectivity index is 1.73. The van der Waals surface area contributed by atoms with Gasteiger partial charge in [-0.3, -0.25) is 9.97 Å². The van der Waals surface area contributed by atoms with Crippen molar-refractivity contribution in [1.29, 1.82) is 5.26 Å². The van der Waals surface area contributed by atoms with Crippen molar-refractivity contribution in [1.82, 2.24) is 15.0 Å². The number of rotatable bonds is 5. The number of nitrogens with one attached hydrogen (secondary N) is 2. The Labute approximate surface area is 169 Å². The van der Waals surface area contributed by atoms with E-state index in [1.807, 2.05) is 48.7 Å². The number of anilines is 2. The van der Waals surface area contributed by atoms with Gasteiger partial charge in [0.1, 0.15) is 6.07 Å². The Morgan fingerprint density at radius 2 is 2.03 bits per heavy atom. The van der Waals surface area contributed by atoms with Crippen molar-refractivity contribution in [3.63, 3.8) is 0 Å². The van der Waals surface area contributed by atoms with Crippen molar-refractivity contribution in [3.05, 3.63) is 83.1 Å². The van der Waals surface area contributed by atoms with Crippen molar-refractivity contribution in [3.8, 4) is 6.07 Å². The molecule has 0 fully saturated rings. The molecule has 0 amide bonds. The summed E-state index contributed by atoms with van der Waals surface area (Å²) in [6.45, 7) is 4.16. The number of pyridine rings is 2. The number of hydrogen-bond acceptors (Lipinski definition) is 4. The summed E-state index contributed by atoms with van der Waals surface area (Å²) < 4.78 is 0. The van der Waals surface area contributed by atoms with Crippen molar-refractivity contribution in [2.75, 3.05) is 5.32 Å². The fraction of sp³-hybridized carbons (Fsp3) is 0.125. The highest BCUT2D eigenvalue weighted by molar-refractivity contribution is 5.90. The monoisotopic (exact) mass is 379 g/mol. The van der Waals surface area contributed by atoms with Gasteiger partial charge in [-0.05, 0) is 61.4 Å². The largest absolute Gasteiger partial charge is 0.361 e. The van der Waals surface area contributed by atoms with Crippen molar-refractivity contribution in [2.45, 2.75) is 20.3 Å². The van der Waals surface area contributed by atoms with Gasteiger partial charge in [-0.25, -0.2) is 0 Å². The number of aromatic nitrogens is 3. The third-order valence-corrected chi connectivity index (χ3v) is 4.98. The number of H-pyrrole nitrogens is 1. The topological polar surface area (TPSA) is 77.4 Å². The van der Waals surface area contributed by atoms with E-state index in [0.29, 0.717) is 5.56 Å². The molecule has 142 valence electrons. The number of aromatic amines is 1. The lowest BCUT2D eigenvalue weighted by Gasteiger charge is -2.14. The lowest BCUT2D eigenvalue weighted by atomic mass is 10.1. The van der Waals surface area contributed by atoms with Crippen LogP contribution in [0.15, 0.2) is 55.0 Å². The number of aryl methyl sites for hydroxylation is 2. The normalized spacial score (nSPS) is 11.1. The van der Waals surface area contributed by atoms with Crippen LogP contribution in [0.1, 0.15) is 35.0 Å². The lowest BCUT2D eigenvalue weighted by molar-refractivity contribution is 1.03. The molecule has 0 radical (unpaired) electrons. The third-order valence-electron chi connectivity index (χ3n) is 4.98. The Morgan fingerprint density at radius 1 is 1.14 bits per heavy atom. The maximum atomic E-state index is 9.61. The van der Waals surface area contributed by atoms with Crippen LogP contribution in [0, 0.1) is 18.3 Å². The first kappa shape index (κ1) is 18.5. The molecule has 0 spiro atoms. The van der Waals surface area contributed by atoms with Crippen LogP contribution in [-0.4, -0.2) is 15.0 Å². The molecule has 0 unspecified atom stereocenters. The van der Waals surface area contributed by atoms with Crippen molar-refractivity contribution in [2.24, 2.45) is 0 Å². The van der Waals surface area contributed by atoms with E-state index in [4.69, 9.17) is 0 Å². The molecule has 0 aliphatic heterocycles. The average Bonchev–Trinajstić information content (AvgIpc) is 3.24. The Hall–Kier alpha value is -3.91. The van der Waals surface area contributed by atoms with Gasteiger partial charge in [0.2, 0.25) is 0 Å². The molecular formula is C24H21N5. The molecule has 5 heteroatoms. The van der Waals surface area contributed by atoms with E-state index in [1.54, 1.807) is 12.4 Å². The van der Waals surface area contributed by atoms with Crippen LogP contribution in [0.5, 0.6) is 0 Å². The highest BCUT2D eigenvalue weighted by atomic mass is 14.9. The summed E-state index contributed by atoms with van der Waals surface area (Å²) in [5, 5.41) is 14.2. The smallest absolute Gasteiger partial charge is 0.103 e. The number of hydrogen-bond donors (Lipinski definition) is 2. The standard InChI is InChI=1S/C24H21N5/c1-3-19-5-4-6-20(28-19)8-7-17-14-26-15-18(13-25)24(17)29-22-9-10-23-21(16(22)2)11-12-27-23/h4-12,14-15,27H,3H2,1-2H3,(H,26,29)/b8-7+. The quantitative estimate of drug-likeness (QED) is 0.472. The van der Waals surface area contributed by atoms with Crippen LogP contribution in [0.3, 0.4) is 0 Å². The summed E-state index contributed by atoms with van der Waals surface area (Å²) in [4.78, 5) is 12.1. The summed E-state index contributed by atoms with van der Waals surface area (Å²) in [5.41, 5.74) is 7.16. The average molecular weight is 379 g/mol. The fourth-order valence-corrected chi connectivity index (χ4v) is 3.34. The second kappa shape index (κ2) is 7.99. The molecule has 3 heterocycles. The molecule has 0 atom stereocenters. The van der Waals surface area contributed by atoms with Gasteiger partial charge < -0.3 is 10.3 Å². The highest BCUT2D eigenvalue weighted by Gasteiger charge is 2.11. The number of fused-ring (bicyclic) bond motifs is 1. The van der Waals surface area contributed by atoms with Gasteiger partial charge in [0.05, 0.1) is 16.9 Å². The Bertz CT molecular complexity index is 1240. The maximum absolute atomic E-state index is 9.61. The summed E-state index contributed by atoms with van der Waals surface area (Å²) in [6, 6.07) is 14.3. The van der Waals surface area contributed by atoms with E-state index < -0.39 is 0 Å². The first-order valence-corrected chi connectivity index (χ1v) is 9.55. The lowest BCUT2D eigenvalue weighted by Crippen LogP contribution is -1.99. The molecule has 4 aromatic rings. The van der Waals surface area contributed by atoms with Crippen LogP contribution in [0.4, 0.5) is 11.4 Å². The second-order valence-electron chi connectivity index (χ2n) is 6.81. The van der Waals surface area contributed by atoms with Crippen LogP contribution in [-0.2, 0) is 6.42 Å². The van der Waals surface area contributed by atoms with Gasteiger partial charge in [0, 0.05) is 46.4 Å². The molecule has 4 rings (SSSR count). The van der Waals surface area contributed by atoms with Gasteiger partial charge >= 0.3 is 0 Å². The molecule has 29 heavy (non-hydrogen) atoms. The molecule has 0 bridgehead atoms. The second-order valence-corrected chi connectivity index (χ2v) is 6.81. The molecule has 0 saturated heterocycles. The molecule has 5 nitrogen and oxygen atoms in total. The maximum Gasteiger partial charge on any atom is 0.103 e. The van der Waals surface area contributed by atoms with Gasteiger partial charge in [-0.1, -0.05) is 13.0 Å². The minimum absolute atomic E-state index is 0.496. The van der Waals surface area contributed by atoms with E-state index in [0.717, 1.165) is 51.2 Å². The molecule has 3 aromatic heterocycles. The highest BCUT2D eigenvalue weighted by Crippen LogP contribution is 2.31. The first-order valence-electron chi connectivity index (χ1n) is 9.55. The third kappa shape index (κ3) is 3.74. The van der Waals surface area contributed by atoms with Gasteiger partial charge in [-0.15, -0.1) is 0 Å². The molecule has 0 aliphatic rings. The number of nitrogens with zero attached hydrogens (tertiary/aromatic N) is 3. The summed E-state index contributed by atoms with van der Waals surface area (Å²) >= 11 is 0. The summed E-state index contributed by atoms with van der Waals surface area (Å²) in [5.74, 6) is 0. The Morgan fingerprint density at radius 3 is 2.86 bits per heavy atom.